The second-order valence-electron chi connectivity index (χ2n) is 14.0. The van der Waals surface area contributed by atoms with Crippen molar-refractivity contribution in [3.8, 4) is 11.5 Å². The van der Waals surface area contributed by atoms with Gasteiger partial charge in [-0.25, -0.2) is 0 Å². The Labute approximate surface area is 311 Å². The lowest BCUT2D eigenvalue weighted by Gasteiger charge is -2.24. The predicted molar refractivity (Wildman–Crippen MR) is 215 cm³/mol. The van der Waals surface area contributed by atoms with Crippen LogP contribution >= 0.6 is 23.5 Å². The Hall–Kier alpha value is -3.66. The second-order valence-corrected chi connectivity index (χ2v) is 16.2. The maximum Gasteiger partial charge on any atom is 0.259 e. The minimum atomic E-state index is -0.510. The summed E-state index contributed by atoms with van der Waals surface area (Å²) >= 11 is 2.99. The van der Waals surface area contributed by atoms with Crippen LogP contribution in [0.3, 0.4) is 0 Å². The molecule has 13 N–H and O–H groups in total. The van der Waals surface area contributed by atoms with Crippen molar-refractivity contribution in [2.24, 2.45) is 17.2 Å². The second kappa shape index (κ2) is 18.7. The van der Waals surface area contributed by atoms with Gasteiger partial charge in [0.25, 0.3) is 11.8 Å². The largest absolute Gasteiger partial charge is 0.491 e. The van der Waals surface area contributed by atoms with Crippen LogP contribution in [-0.2, 0) is 10.8 Å². The summed E-state index contributed by atoms with van der Waals surface area (Å²) in [6, 6.07) is 10.7. The molecule has 280 valence electrons. The van der Waals surface area contributed by atoms with E-state index in [-0.39, 0.29) is 59.8 Å². The summed E-state index contributed by atoms with van der Waals surface area (Å²) in [5.41, 5.74) is 34.3. The van der Waals surface area contributed by atoms with Gasteiger partial charge in [-0.15, -0.1) is 23.5 Å². The van der Waals surface area contributed by atoms with E-state index in [1.165, 1.54) is 35.7 Å². The minimum absolute atomic E-state index is 0.106. The average Bonchev–Trinajstić information content (AvgIpc) is 3.05. The molecule has 0 atom stereocenters. The van der Waals surface area contributed by atoms with Gasteiger partial charge in [0.05, 0.1) is 32.3 Å². The zero-order chi connectivity index (χ0) is 37.9. The van der Waals surface area contributed by atoms with Gasteiger partial charge in [0, 0.05) is 55.1 Å². The Morgan fingerprint density at radius 2 is 1.08 bits per heavy atom. The Bertz CT molecular complexity index is 1670. The van der Waals surface area contributed by atoms with E-state index in [0.717, 1.165) is 28.3 Å². The van der Waals surface area contributed by atoms with Crippen LogP contribution in [0, 0.1) is 0 Å². The van der Waals surface area contributed by atoms with Crippen molar-refractivity contribution in [2.45, 2.75) is 62.2 Å². The molecule has 0 fully saturated rings. The van der Waals surface area contributed by atoms with E-state index in [1.807, 2.05) is 31.3 Å². The Morgan fingerprint density at radius 3 is 1.45 bits per heavy atom. The number of ether oxygens (including phenoxy) is 2. The lowest BCUT2D eigenvalue weighted by atomic mass is 9.86. The van der Waals surface area contributed by atoms with E-state index >= 15 is 0 Å². The molecule has 0 saturated carbocycles. The van der Waals surface area contributed by atoms with Crippen molar-refractivity contribution < 1.29 is 19.1 Å². The number of amides is 2. The molecule has 0 radical (unpaired) electrons. The molecular formula is C37H56N8O4S2. The maximum atomic E-state index is 14.3. The van der Waals surface area contributed by atoms with Crippen LogP contribution in [0.5, 0.6) is 11.5 Å². The van der Waals surface area contributed by atoms with Crippen molar-refractivity contribution in [1.29, 1.82) is 0 Å². The van der Waals surface area contributed by atoms with Crippen molar-refractivity contribution in [3.05, 3.63) is 58.7 Å². The number of nitrogen functional groups attached to an aromatic ring is 2. The van der Waals surface area contributed by atoms with Crippen LogP contribution in [0.15, 0.2) is 46.2 Å². The lowest BCUT2D eigenvalue weighted by Crippen LogP contribution is -2.22. The number of nitrogens with two attached hydrogens (primary N) is 5. The van der Waals surface area contributed by atoms with Crippen LogP contribution < -0.4 is 54.1 Å². The third-order valence-electron chi connectivity index (χ3n) is 7.75. The molecular weight excluding hydrogens is 685 g/mol. The molecule has 0 bridgehead atoms. The van der Waals surface area contributed by atoms with Crippen molar-refractivity contribution >= 4 is 58.1 Å². The fraction of sp³-hybridized carbons (Fsp3) is 0.459. The minimum Gasteiger partial charge on any atom is -0.491 e. The summed E-state index contributed by atoms with van der Waals surface area (Å²) in [4.78, 5) is 30.0. The predicted octanol–water partition coefficient (Wildman–Crippen LogP) is 4.99. The third-order valence-corrected chi connectivity index (χ3v) is 10.1. The molecule has 14 heteroatoms. The first-order valence-corrected chi connectivity index (χ1v) is 19.0. The quantitative estimate of drug-likeness (QED) is 0.0522. The topological polar surface area (TPSA) is 219 Å². The Balaban J connectivity index is 2.19. The highest BCUT2D eigenvalue weighted by molar-refractivity contribution is 7.99. The molecule has 2 amide bonds. The van der Waals surface area contributed by atoms with Gasteiger partial charge in [-0.3, -0.25) is 9.59 Å². The summed E-state index contributed by atoms with van der Waals surface area (Å²) in [5.74, 6) is 0.710. The van der Waals surface area contributed by atoms with E-state index in [2.05, 4.69) is 57.5 Å². The number of nitrogens with one attached hydrogen (secondary N) is 3. The smallest absolute Gasteiger partial charge is 0.259 e. The molecule has 0 aromatic heterocycles. The first kappa shape index (κ1) is 41.8. The molecule has 0 aliphatic heterocycles. The first-order chi connectivity index (χ1) is 24.0. The molecule has 12 nitrogen and oxygen atoms in total. The van der Waals surface area contributed by atoms with Crippen LogP contribution in [0.1, 0.15) is 73.4 Å². The number of thioether (sulfide) groups is 2. The number of anilines is 4. The highest BCUT2D eigenvalue weighted by Gasteiger charge is 2.26. The average molecular weight is 741 g/mol. The number of rotatable bonds is 17. The monoisotopic (exact) mass is 740 g/mol. The number of hydrogen-bond donors (Lipinski definition) is 8. The number of carbonyl (C=O) groups excluding carboxylic acids is 2. The molecule has 0 aliphatic rings. The fourth-order valence-corrected chi connectivity index (χ4v) is 6.78. The van der Waals surface area contributed by atoms with E-state index in [9.17, 15) is 9.59 Å². The van der Waals surface area contributed by atoms with Gasteiger partial charge in [0.1, 0.15) is 24.7 Å². The summed E-state index contributed by atoms with van der Waals surface area (Å²) in [6.07, 6.45) is 0. The molecule has 0 aliphatic carbocycles. The van der Waals surface area contributed by atoms with Gasteiger partial charge in [-0.2, -0.15) is 0 Å². The summed E-state index contributed by atoms with van der Waals surface area (Å²) in [5, 5.41) is 9.25. The van der Waals surface area contributed by atoms with Gasteiger partial charge in [-0.05, 0) is 59.3 Å². The zero-order valence-corrected chi connectivity index (χ0v) is 32.6. The molecule has 0 saturated heterocycles. The standard InChI is InChI=1S/C37H56N8O4S2/c1-36(2,3)22-16-26(41)32(50-14-10-40)28(18-22)44-34(46)24-20-25(31(49-13-9-39)21-30(24)48-12-8-38)35(47)45-29-19-23(37(4,5)6)17-27(42)33(29)51-15-11-43-7/h16-21,43H,8-15,38-42H2,1-7H3,(H,44,46)(H,45,47). The number of hydrogen-bond acceptors (Lipinski definition) is 12. The lowest BCUT2D eigenvalue weighted by molar-refractivity contribution is 0.102. The Morgan fingerprint density at radius 1 is 0.647 bits per heavy atom. The molecule has 3 aromatic rings. The van der Waals surface area contributed by atoms with E-state index < -0.39 is 11.8 Å². The summed E-state index contributed by atoms with van der Waals surface area (Å²) in [7, 11) is 1.88. The molecule has 0 spiro atoms. The van der Waals surface area contributed by atoms with Crippen molar-refractivity contribution in [2.75, 3.05) is 80.0 Å². The van der Waals surface area contributed by atoms with Crippen molar-refractivity contribution in [3.63, 3.8) is 0 Å². The first-order valence-electron chi connectivity index (χ1n) is 17.0. The Kier molecular flexibility index (Phi) is 15.3. The summed E-state index contributed by atoms with van der Waals surface area (Å²) < 4.78 is 11.9. The van der Waals surface area contributed by atoms with Crippen molar-refractivity contribution in [1.82, 2.24) is 5.32 Å². The molecule has 0 unspecified atom stereocenters. The summed E-state index contributed by atoms with van der Waals surface area (Å²) in [6.45, 7) is 14.3. The fourth-order valence-electron chi connectivity index (χ4n) is 4.96. The third kappa shape index (κ3) is 11.4. The number of benzene rings is 3. The number of carbonyl (C=O) groups is 2. The normalized spacial score (nSPS) is 11.7. The highest BCUT2D eigenvalue weighted by atomic mass is 32.2. The van der Waals surface area contributed by atoms with Gasteiger partial charge in [0.2, 0.25) is 0 Å². The molecule has 3 rings (SSSR count). The van der Waals surface area contributed by atoms with Crippen LogP contribution in [0.4, 0.5) is 22.7 Å². The van der Waals surface area contributed by atoms with Gasteiger partial charge in [-0.1, -0.05) is 41.5 Å². The van der Waals surface area contributed by atoms with Gasteiger partial charge in [0.15, 0.2) is 0 Å². The van der Waals surface area contributed by atoms with Crippen LogP contribution in [0.2, 0.25) is 0 Å². The van der Waals surface area contributed by atoms with Crippen LogP contribution in [-0.4, -0.2) is 69.8 Å². The molecule has 51 heavy (non-hydrogen) atoms. The molecule has 3 aromatic carbocycles. The molecule has 0 heterocycles. The zero-order valence-electron chi connectivity index (χ0n) is 31.0. The van der Waals surface area contributed by atoms with E-state index in [1.54, 1.807) is 0 Å². The maximum absolute atomic E-state index is 14.3. The highest BCUT2D eigenvalue weighted by Crippen LogP contribution is 2.40. The SMILES string of the molecule is CNCCSc1c(N)cc(C(C)(C)C)cc1NC(=O)c1cc(C(=O)Nc2cc(C(C)(C)C)cc(N)c2SCCN)c(OCCN)cc1OCCN. The van der Waals surface area contributed by atoms with Gasteiger partial charge >= 0.3 is 0 Å². The van der Waals surface area contributed by atoms with Gasteiger partial charge < -0.3 is 54.1 Å². The van der Waals surface area contributed by atoms with E-state index in [0.29, 0.717) is 39.9 Å². The van der Waals surface area contributed by atoms with Crippen LogP contribution in [0.25, 0.3) is 0 Å². The van der Waals surface area contributed by atoms with E-state index in [4.69, 9.17) is 38.1 Å².